The van der Waals surface area contributed by atoms with Gasteiger partial charge in [0.1, 0.15) is 0 Å². The summed E-state index contributed by atoms with van der Waals surface area (Å²) in [5.74, 6) is 0. The molecule has 1 aromatic rings. The highest BCUT2D eigenvalue weighted by Gasteiger charge is 2.26. The number of aromatic nitrogens is 1. The molecule has 2 amide bonds. The fourth-order valence-corrected chi connectivity index (χ4v) is 2.57. The van der Waals surface area contributed by atoms with E-state index in [2.05, 4.69) is 26.2 Å². The van der Waals surface area contributed by atoms with Gasteiger partial charge in [0.2, 0.25) is 0 Å². The number of rotatable bonds is 2. The Labute approximate surface area is 127 Å². The first kappa shape index (κ1) is 15.3. The summed E-state index contributed by atoms with van der Waals surface area (Å²) < 4.78 is 6.56. The predicted molar refractivity (Wildman–Crippen MR) is 80.5 cm³/mol. The van der Waals surface area contributed by atoms with E-state index in [9.17, 15) is 4.79 Å². The van der Waals surface area contributed by atoms with E-state index in [0.29, 0.717) is 13.1 Å². The molecule has 0 aliphatic carbocycles. The third-order valence-corrected chi connectivity index (χ3v) is 3.71. The maximum atomic E-state index is 12.3. The molecule has 110 valence electrons. The zero-order valence-electron chi connectivity index (χ0n) is 12.0. The molecule has 1 aromatic heterocycles. The van der Waals surface area contributed by atoms with Crippen molar-refractivity contribution in [3.05, 3.63) is 28.5 Å². The lowest BCUT2D eigenvalue weighted by Gasteiger charge is -2.35. The lowest BCUT2D eigenvalue weighted by molar-refractivity contribution is -0.0547. The number of carbonyl (C=O) groups is 1. The summed E-state index contributed by atoms with van der Waals surface area (Å²) in [6.45, 7) is 7.14. The molecule has 0 spiro atoms. The summed E-state index contributed by atoms with van der Waals surface area (Å²) in [4.78, 5) is 18.4. The van der Waals surface area contributed by atoms with Gasteiger partial charge >= 0.3 is 6.03 Å². The summed E-state index contributed by atoms with van der Waals surface area (Å²) in [6, 6.07) is 3.64. The van der Waals surface area contributed by atoms with Crippen molar-refractivity contribution < 1.29 is 9.53 Å². The number of hydrogen-bond donors (Lipinski definition) is 1. The van der Waals surface area contributed by atoms with Gasteiger partial charge in [0.15, 0.2) is 0 Å². The Balaban J connectivity index is 1.95. The minimum atomic E-state index is -0.121. The van der Waals surface area contributed by atoms with Crippen LogP contribution in [0.25, 0.3) is 0 Å². The molecule has 1 N–H and O–H groups in total. The van der Waals surface area contributed by atoms with E-state index in [1.807, 2.05) is 32.9 Å². The summed E-state index contributed by atoms with van der Waals surface area (Å²) >= 11 is 3.35. The maximum Gasteiger partial charge on any atom is 0.318 e. The molecule has 1 aliphatic heterocycles. The van der Waals surface area contributed by atoms with Crippen LogP contribution in [0.2, 0.25) is 0 Å². The Bertz CT molecular complexity index is 456. The van der Waals surface area contributed by atoms with Crippen LogP contribution in [0, 0.1) is 0 Å². The number of carbonyl (C=O) groups excluding carboxylic acids is 1. The molecule has 0 radical (unpaired) electrons. The second-order valence-corrected chi connectivity index (χ2v) is 6.15. The van der Waals surface area contributed by atoms with Gasteiger partial charge in [-0.25, -0.2) is 4.79 Å². The van der Waals surface area contributed by atoms with Gasteiger partial charge in [0.05, 0.1) is 23.9 Å². The molecule has 2 heterocycles. The molecular formula is C14H20BrN3O2. The molecule has 1 unspecified atom stereocenters. The molecule has 0 aromatic carbocycles. The SMILES string of the molecule is CC(NC(=O)N1C[C@@H](C)O[C@@H](C)C1)c1ccc(Br)cn1. The van der Waals surface area contributed by atoms with E-state index >= 15 is 0 Å². The van der Waals surface area contributed by atoms with Crippen molar-refractivity contribution in [3.8, 4) is 0 Å². The average molecular weight is 342 g/mol. The molecule has 6 heteroatoms. The lowest BCUT2D eigenvalue weighted by atomic mass is 10.2. The quantitative estimate of drug-likeness (QED) is 0.899. The largest absolute Gasteiger partial charge is 0.372 e. The van der Waals surface area contributed by atoms with Crippen LogP contribution in [0.3, 0.4) is 0 Å². The van der Waals surface area contributed by atoms with E-state index in [0.717, 1.165) is 10.2 Å². The van der Waals surface area contributed by atoms with Crippen molar-refractivity contribution in [2.45, 2.75) is 39.0 Å². The van der Waals surface area contributed by atoms with E-state index in [1.54, 1.807) is 11.1 Å². The number of halogens is 1. The van der Waals surface area contributed by atoms with Gasteiger partial charge in [-0.05, 0) is 48.8 Å². The highest BCUT2D eigenvalue weighted by molar-refractivity contribution is 9.10. The molecule has 0 bridgehead atoms. The van der Waals surface area contributed by atoms with Crippen LogP contribution in [0.15, 0.2) is 22.8 Å². The fourth-order valence-electron chi connectivity index (χ4n) is 2.34. The third kappa shape index (κ3) is 3.93. The molecule has 20 heavy (non-hydrogen) atoms. The monoisotopic (exact) mass is 341 g/mol. The van der Waals surface area contributed by atoms with Gasteiger partial charge in [-0.1, -0.05) is 0 Å². The van der Waals surface area contributed by atoms with Crippen molar-refractivity contribution in [1.82, 2.24) is 15.2 Å². The Hall–Kier alpha value is -1.14. The Morgan fingerprint density at radius 1 is 1.45 bits per heavy atom. The smallest absolute Gasteiger partial charge is 0.318 e. The molecule has 5 nitrogen and oxygen atoms in total. The Morgan fingerprint density at radius 3 is 2.65 bits per heavy atom. The third-order valence-electron chi connectivity index (χ3n) is 3.24. The first-order valence-electron chi connectivity index (χ1n) is 6.78. The van der Waals surface area contributed by atoms with Gasteiger partial charge in [-0.15, -0.1) is 0 Å². The van der Waals surface area contributed by atoms with Gasteiger partial charge in [0.25, 0.3) is 0 Å². The minimum Gasteiger partial charge on any atom is -0.372 e. The van der Waals surface area contributed by atoms with Crippen LogP contribution < -0.4 is 5.32 Å². The van der Waals surface area contributed by atoms with E-state index in [-0.39, 0.29) is 24.3 Å². The lowest BCUT2D eigenvalue weighted by Crippen LogP contribution is -2.52. The van der Waals surface area contributed by atoms with Crippen LogP contribution in [0.4, 0.5) is 4.79 Å². The number of pyridine rings is 1. The number of nitrogens with one attached hydrogen (secondary N) is 1. The topological polar surface area (TPSA) is 54.5 Å². The van der Waals surface area contributed by atoms with Gasteiger partial charge in [0, 0.05) is 23.8 Å². The van der Waals surface area contributed by atoms with Crippen molar-refractivity contribution in [1.29, 1.82) is 0 Å². The number of morpholine rings is 1. The number of ether oxygens (including phenoxy) is 1. The average Bonchev–Trinajstić information content (AvgIpc) is 2.38. The molecule has 1 fully saturated rings. The van der Waals surface area contributed by atoms with Crippen molar-refractivity contribution in [3.63, 3.8) is 0 Å². The number of hydrogen-bond acceptors (Lipinski definition) is 3. The second-order valence-electron chi connectivity index (χ2n) is 5.23. The van der Waals surface area contributed by atoms with Gasteiger partial charge < -0.3 is 15.0 Å². The minimum absolute atomic E-state index is 0.0655. The molecule has 0 saturated carbocycles. The number of nitrogens with zero attached hydrogens (tertiary/aromatic N) is 2. The van der Waals surface area contributed by atoms with Crippen LogP contribution in [-0.4, -0.2) is 41.2 Å². The summed E-state index contributed by atoms with van der Waals surface area (Å²) in [5.41, 5.74) is 0.843. The first-order chi connectivity index (χ1) is 9.45. The van der Waals surface area contributed by atoms with E-state index in [4.69, 9.17) is 4.74 Å². The Kier molecular flexibility index (Phi) is 4.99. The molecule has 2 rings (SSSR count). The fraction of sp³-hybridized carbons (Fsp3) is 0.571. The molecule has 1 saturated heterocycles. The molecular weight excluding hydrogens is 322 g/mol. The number of urea groups is 1. The molecule has 1 aliphatic rings. The normalized spacial score (nSPS) is 24.3. The number of amides is 2. The Morgan fingerprint density at radius 2 is 2.10 bits per heavy atom. The van der Waals surface area contributed by atoms with E-state index in [1.165, 1.54) is 0 Å². The first-order valence-corrected chi connectivity index (χ1v) is 7.57. The maximum absolute atomic E-state index is 12.3. The standard InChI is InChI=1S/C14H20BrN3O2/c1-9-7-18(8-10(2)20-9)14(19)17-11(3)13-5-4-12(15)6-16-13/h4-6,9-11H,7-8H2,1-3H3,(H,17,19)/t9-,10+,11?. The van der Waals surface area contributed by atoms with Crippen LogP contribution in [0.5, 0.6) is 0 Å². The summed E-state index contributed by atoms with van der Waals surface area (Å²) in [5, 5.41) is 2.98. The predicted octanol–water partition coefficient (Wildman–Crippen LogP) is 2.72. The highest BCUT2D eigenvalue weighted by atomic mass is 79.9. The van der Waals surface area contributed by atoms with Gasteiger partial charge in [-0.2, -0.15) is 0 Å². The van der Waals surface area contributed by atoms with Crippen molar-refractivity contribution in [2.24, 2.45) is 0 Å². The van der Waals surface area contributed by atoms with Gasteiger partial charge in [-0.3, -0.25) is 4.98 Å². The zero-order valence-corrected chi connectivity index (χ0v) is 13.6. The van der Waals surface area contributed by atoms with Crippen molar-refractivity contribution >= 4 is 22.0 Å². The second kappa shape index (κ2) is 6.54. The summed E-state index contributed by atoms with van der Waals surface area (Å²) in [7, 11) is 0. The highest BCUT2D eigenvalue weighted by Crippen LogP contribution is 2.15. The van der Waals surface area contributed by atoms with Crippen LogP contribution in [-0.2, 0) is 4.74 Å². The molecule has 3 atom stereocenters. The van der Waals surface area contributed by atoms with Crippen LogP contribution in [0.1, 0.15) is 32.5 Å². The van der Waals surface area contributed by atoms with Crippen molar-refractivity contribution in [2.75, 3.05) is 13.1 Å². The zero-order chi connectivity index (χ0) is 14.7. The van der Waals surface area contributed by atoms with Crippen LogP contribution >= 0.6 is 15.9 Å². The van der Waals surface area contributed by atoms with E-state index < -0.39 is 0 Å². The summed E-state index contributed by atoms with van der Waals surface area (Å²) in [6.07, 6.45) is 1.88.